The Morgan fingerprint density at radius 1 is 0.889 bits per heavy atom. The first-order valence-electron chi connectivity index (χ1n) is 9.78. The molecule has 1 aromatic heterocycles. The summed E-state index contributed by atoms with van der Waals surface area (Å²) in [7, 11) is 0. The van der Waals surface area contributed by atoms with Crippen LogP contribution in [0.2, 0.25) is 0 Å². The molecule has 0 aliphatic carbocycles. The van der Waals surface area contributed by atoms with E-state index in [0.717, 1.165) is 37.1 Å². The molecular formula is C24H26N2O. The van der Waals surface area contributed by atoms with Gasteiger partial charge in [-0.15, -0.1) is 0 Å². The van der Waals surface area contributed by atoms with Crippen LogP contribution in [0.4, 0.5) is 0 Å². The summed E-state index contributed by atoms with van der Waals surface area (Å²) in [6.07, 6.45) is 3.12. The number of rotatable bonds is 7. The van der Waals surface area contributed by atoms with E-state index in [4.69, 9.17) is 10.5 Å². The van der Waals surface area contributed by atoms with Crippen LogP contribution >= 0.6 is 0 Å². The quantitative estimate of drug-likeness (QED) is 0.418. The van der Waals surface area contributed by atoms with E-state index < -0.39 is 0 Å². The van der Waals surface area contributed by atoms with Crippen molar-refractivity contribution in [2.75, 3.05) is 13.2 Å². The van der Waals surface area contributed by atoms with Gasteiger partial charge in [0.15, 0.2) is 0 Å². The fourth-order valence-electron chi connectivity index (χ4n) is 3.88. The fraction of sp³-hybridized carbons (Fsp3) is 0.250. The first kappa shape index (κ1) is 17.6. The highest BCUT2D eigenvalue weighted by Crippen LogP contribution is 2.38. The maximum atomic E-state index is 5.92. The van der Waals surface area contributed by atoms with E-state index >= 15 is 0 Å². The lowest BCUT2D eigenvalue weighted by Crippen LogP contribution is -2.00. The number of H-pyrrole nitrogens is 1. The van der Waals surface area contributed by atoms with Crippen molar-refractivity contribution in [3.63, 3.8) is 0 Å². The number of nitrogens with two attached hydrogens (primary N) is 1. The molecule has 1 heterocycles. The van der Waals surface area contributed by atoms with Gasteiger partial charge in [0.25, 0.3) is 0 Å². The molecule has 0 aliphatic rings. The lowest BCUT2D eigenvalue weighted by molar-refractivity contribution is 0.341. The zero-order valence-corrected chi connectivity index (χ0v) is 15.8. The Morgan fingerprint density at radius 2 is 1.70 bits per heavy atom. The molecule has 0 saturated carbocycles. The fourth-order valence-corrected chi connectivity index (χ4v) is 3.88. The molecule has 0 radical (unpaired) electrons. The average molecular weight is 358 g/mol. The number of hydrogen-bond acceptors (Lipinski definition) is 2. The van der Waals surface area contributed by atoms with Crippen molar-refractivity contribution >= 4 is 21.7 Å². The van der Waals surface area contributed by atoms with E-state index in [1.165, 1.54) is 32.9 Å². The van der Waals surface area contributed by atoms with Crippen LogP contribution in [0.15, 0.2) is 60.7 Å². The van der Waals surface area contributed by atoms with E-state index in [1.54, 1.807) is 0 Å². The van der Waals surface area contributed by atoms with Gasteiger partial charge < -0.3 is 15.5 Å². The third-order valence-electron chi connectivity index (χ3n) is 5.14. The molecular weight excluding hydrogens is 332 g/mol. The molecule has 0 spiro atoms. The Labute approximate surface area is 160 Å². The second-order valence-electron chi connectivity index (χ2n) is 6.86. The van der Waals surface area contributed by atoms with Gasteiger partial charge in [0.05, 0.1) is 17.8 Å². The lowest BCUT2D eigenvalue weighted by atomic mass is 9.98. The van der Waals surface area contributed by atoms with Crippen molar-refractivity contribution < 1.29 is 4.74 Å². The van der Waals surface area contributed by atoms with Crippen molar-refractivity contribution in [2.45, 2.75) is 26.2 Å². The van der Waals surface area contributed by atoms with E-state index in [-0.39, 0.29) is 0 Å². The Bertz CT molecular complexity index is 1060. The molecule has 4 rings (SSSR count). The molecule has 0 amide bonds. The number of hydrogen-bond donors (Lipinski definition) is 2. The predicted octanol–water partition coefficient (Wildman–Crippen LogP) is 5.67. The van der Waals surface area contributed by atoms with E-state index in [0.29, 0.717) is 6.61 Å². The molecule has 0 atom stereocenters. The van der Waals surface area contributed by atoms with Crippen molar-refractivity contribution in [1.29, 1.82) is 0 Å². The van der Waals surface area contributed by atoms with Crippen molar-refractivity contribution in [3.05, 3.63) is 66.2 Å². The van der Waals surface area contributed by atoms with Crippen LogP contribution in [0.1, 0.15) is 25.3 Å². The van der Waals surface area contributed by atoms with Crippen LogP contribution in [0, 0.1) is 0 Å². The van der Waals surface area contributed by atoms with Crippen LogP contribution in [0.3, 0.4) is 0 Å². The number of aromatic amines is 1. The number of unbranched alkanes of at least 4 members (excludes halogenated alkanes) is 1. The minimum Gasteiger partial charge on any atom is -0.493 e. The highest BCUT2D eigenvalue weighted by Gasteiger charge is 2.17. The van der Waals surface area contributed by atoms with Crippen LogP contribution in [-0.2, 0) is 6.42 Å². The monoisotopic (exact) mass is 358 g/mol. The van der Waals surface area contributed by atoms with Crippen molar-refractivity contribution in [2.24, 2.45) is 5.73 Å². The van der Waals surface area contributed by atoms with Crippen molar-refractivity contribution in [1.82, 2.24) is 4.98 Å². The summed E-state index contributed by atoms with van der Waals surface area (Å²) in [6.45, 7) is 3.41. The average Bonchev–Trinajstić information content (AvgIpc) is 3.08. The minimum atomic E-state index is 0.655. The van der Waals surface area contributed by atoms with Gasteiger partial charge in [-0.2, -0.15) is 0 Å². The van der Waals surface area contributed by atoms with Crippen LogP contribution in [-0.4, -0.2) is 18.1 Å². The molecule has 3 nitrogen and oxygen atoms in total. The first-order chi connectivity index (χ1) is 13.3. The van der Waals surface area contributed by atoms with Crippen LogP contribution in [0.25, 0.3) is 32.9 Å². The van der Waals surface area contributed by atoms with Gasteiger partial charge in [-0.3, -0.25) is 0 Å². The van der Waals surface area contributed by atoms with Gasteiger partial charge in [0, 0.05) is 16.3 Å². The lowest BCUT2D eigenvalue weighted by Gasteiger charge is -2.11. The molecule has 0 saturated heterocycles. The van der Waals surface area contributed by atoms with Crippen molar-refractivity contribution in [3.8, 4) is 17.0 Å². The number of para-hydroxylation sites is 1. The Morgan fingerprint density at radius 3 is 2.56 bits per heavy atom. The molecule has 27 heavy (non-hydrogen) atoms. The van der Waals surface area contributed by atoms with E-state index in [2.05, 4.69) is 53.5 Å². The van der Waals surface area contributed by atoms with Gasteiger partial charge in [0.2, 0.25) is 0 Å². The van der Waals surface area contributed by atoms with Gasteiger partial charge in [-0.05, 0) is 55.8 Å². The summed E-state index contributed by atoms with van der Waals surface area (Å²) in [5.41, 5.74) is 10.6. The summed E-state index contributed by atoms with van der Waals surface area (Å²) in [6, 6.07) is 21.3. The van der Waals surface area contributed by atoms with Gasteiger partial charge >= 0.3 is 0 Å². The number of benzene rings is 3. The Kier molecular flexibility index (Phi) is 5.12. The second-order valence-corrected chi connectivity index (χ2v) is 6.86. The largest absolute Gasteiger partial charge is 0.493 e. The third-order valence-corrected chi connectivity index (χ3v) is 5.14. The summed E-state index contributed by atoms with van der Waals surface area (Å²) >= 11 is 0. The molecule has 0 fully saturated rings. The highest BCUT2D eigenvalue weighted by molar-refractivity contribution is 6.09. The number of aromatic nitrogens is 1. The van der Waals surface area contributed by atoms with Gasteiger partial charge in [-0.1, -0.05) is 48.5 Å². The summed E-state index contributed by atoms with van der Waals surface area (Å²) in [4.78, 5) is 3.74. The second kappa shape index (κ2) is 7.85. The zero-order valence-electron chi connectivity index (χ0n) is 15.8. The maximum Gasteiger partial charge on any atom is 0.128 e. The van der Waals surface area contributed by atoms with Crippen LogP contribution in [0.5, 0.6) is 5.75 Å². The minimum absolute atomic E-state index is 0.655. The Balaban J connectivity index is 1.95. The summed E-state index contributed by atoms with van der Waals surface area (Å²) < 4.78 is 5.92. The van der Waals surface area contributed by atoms with Gasteiger partial charge in [0.1, 0.15) is 5.75 Å². The van der Waals surface area contributed by atoms with Gasteiger partial charge in [-0.25, -0.2) is 0 Å². The molecule has 3 aromatic carbocycles. The SMILES string of the molecule is CCOc1ccccc1-c1[nH]c2c(ccc3ccccc32)c1CCCCN. The Hall–Kier alpha value is -2.78. The predicted molar refractivity (Wildman–Crippen MR) is 114 cm³/mol. The summed E-state index contributed by atoms with van der Waals surface area (Å²) in [5.74, 6) is 0.927. The zero-order chi connectivity index (χ0) is 18.6. The standard InChI is InChI=1S/C24H26N2O/c1-2-27-22-13-6-5-12-21(22)24-19(11-7-8-16-25)20-15-14-17-9-3-4-10-18(17)23(20)26-24/h3-6,9-10,12-15,26H,2,7-8,11,16,25H2,1H3. The number of nitrogens with one attached hydrogen (secondary N) is 1. The smallest absolute Gasteiger partial charge is 0.128 e. The summed E-state index contributed by atoms with van der Waals surface area (Å²) in [5, 5.41) is 3.81. The van der Waals surface area contributed by atoms with E-state index in [1.807, 2.05) is 19.1 Å². The molecule has 3 heteroatoms. The normalized spacial score (nSPS) is 11.3. The topological polar surface area (TPSA) is 51.0 Å². The third kappa shape index (κ3) is 3.31. The number of aryl methyl sites for hydroxylation is 1. The van der Waals surface area contributed by atoms with Crippen LogP contribution < -0.4 is 10.5 Å². The molecule has 4 aromatic rings. The highest BCUT2D eigenvalue weighted by atomic mass is 16.5. The molecule has 0 unspecified atom stereocenters. The molecule has 0 aliphatic heterocycles. The maximum absolute atomic E-state index is 5.92. The number of fused-ring (bicyclic) bond motifs is 3. The molecule has 0 bridgehead atoms. The molecule has 138 valence electrons. The molecule has 3 N–H and O–H groups in total. The van der Waals surface area contributed by atoms with E-state index in [9.17, 15) is 0 Å². The first-order valence-corrected chi connectivity index (χ1v) is 9.78. The number of ether oxygens (including phenoxy) is 1.